The van der Waals surface area contributed by atoms with Crippen molar-refractivity contribution in [3.05, 3.63) is 76.7 Å². The van der Waals surface area contributed by atoms with Crippen LogP contribution >= 0.6 is 0 Å². The third-order valence-corrected chi connectivity index (χ3v) is 7.61. The normalized spacial score (nSPS) is 16.4. The van der Waals surface area contributed by atoms with Crippen LogP contribution in [0.25, 0.3) is 33.7 Å². The van der Waals surface area contributed by atoms with Crippen LogP contribution in [-0.2, 0) is 11.3 Å². The monoisotopic (exact) mass is 579 g/mol. The fraction of sp³-hybridized carbons (Fsp3) is 0.321. The highest BCUT2D eigenvalue weighted by Crippen LogP contribution is 2.30. The van der Waals surface area contributed by atoms with Gasteiger partial charge in [-0.2, -0.15) is 8.78 Å². The molecular formula is C28H24F3N7O4. The van der Waals surface area contributed by atoms with Crippen LogP contribution in [0.5, 0.6) is 0 Å². The van der Waals surface area contributed by atoms with Gasteiger partial charge in [0, 0.05) is 50.2 Å². The van der Waals surface area contributed by atoms with E-state index in [9.17, 15) is 13.6 Å². The number of oxazole rings is 1. The van der Waals surface area contributed by atoms with Crippen molar-refractivity contribution < 1.29 is 26.7 Å². The van der Waals surface area contributed by atoms with Gasteiger partial charge in [-0.25, -0.2) is 14.2 Å². The Hall–Kier alpha value is -4.56. The molecule has 0 radical (unpaired) electrons. The zero-order valence-corrected chi connectivity index (χ0v) is 22.1. The van der Waals surface area contributed by atoms with Gasteiger partial charge in [0.05, 0.1) is 42.6 Å². The molecule has 2 aliphatic rings. The average molecular weight is 580 g/mol. The fourth-order valence-corrected chi connectivity index (χ4v) is 5.21. The molecule has 0 N–H and O–H groups in total. The van der Waals surface area contributed by atoms with E-state index < -0.39 is 23.9 Å². The molecule has 2 aliphatic heterocycles. The van der Waals surface area contributed by atoms with Crippen molar-refractivity contribution in [1.82, 2.24) is 29.6 Å². The van der Waals surface area contributed by atoms with E-state index in [1.54, 1.807) is 24.4 Å². The third-order valence-electron chi connectivity index (χ3n) is 7.61. The summed E-state index contributed by atoms with van der Waals surface area (Å²) < 4.78 is 58.0. The molecule has 0 amide bonds. The molecule has 7 rings (SSSR count). The van der Waals surface area contributed by atoms with Gasteiger partial charge in [0.2, 0.25) is 5.89 Å². The van der Waals surface area contributed by atoms with E-state index in [0.29, 0.717) is 28.4 Å². The van der Waals surface area contributed by atoms with Crippen LogP contribution in [0.4, 0.5) is 19.0 Å². The zero-order valence-electron chi connectivity index (χ0n) is 22.1. The smallest absolute Gasteiger partial charge is 0.415 e. The first kappa shape index (κ1) is 26.3. The molecule has 6 heterocycles. The molecule has 2 saturated heterocycles. The molecule has 14 heteroatoms. The molecule has 2 fully saturated rings. The Labute approximate surface area is 236 Å². The second-order valence-electron chi connectivity index (χ2n) is 10.2. The van der Waals surface area contributed by atoms with E-state index in [2.05, 4.69) is 30.0 Å². The molecule has 5 aromatic rings. The Bertz CT molecular complexity index is 1790. The molecule has 0 saturated carbocycles. The number of anilines is 1. The van der Waals surface area contributed by atoms with Gasteiger partial charge >= 0.3 is 12.2 Å². The van der Waals surface area contributed by atoms with Crippen LogP contribution in [0.2, 0.25) is 0 Å². The largest absolute Gasteiger partial charge is 0.420 e. The molecule has 0 aliphatic carbocycles. The summed E-state index contributed by atoms with van der Waals surface area (Å²) in [7, 11) is 0. The molecule has 0 atom stereocenters. The minimum absolute atomic E-state index is 0.00458. The molecule has 11 nitrogen and oxygen atoms in total. The minimum atomic E-state index is -2.88. The maximum Gasteiger partial charge on any atom is 0.420 e. The number of alkyl halides is 2. The van der Waals surface area contributed by atoms with Gasteiger partial charge in [-0.1, -0.05) is 0 Å². The number of hydrogen-bond acceptors (Lipinski definition) is 10. The third kappa shape index (κ3) is 4.92. The van der Waals surface area contributed by atoms with Gasteiger partial charge in [0.15, 0.2) is 5.58 Å². The second-order valence-corrected chi connectivity index (χ2v) is 10.2. The molecule has 0 spiro atoms. The molecular weight excluding hydrogens is 555 g/mol. The summed E-state index contributed by atoms with van der Waals surface area (Å²) in [6.07, 6.45) is 0.141. The minimum Gasteiger partial charge on any atom is -0.415 e. The maximum atomic E-state index is 15.5. The summed E-state index contributed by atoms with van der Waals surface area (Å²) in [5.74, 6) is -1.31. The number of aromatic nitrogens is 5. The molecule has 0 unspecified atom stereocenters. The number of hydrogen-bond donors (Lipinski definition) is 0. The van der Waals surface area contributed by atoms with E-state index in [-0.39, 0.29) is 23.5 Å². The van der Waals surface area contributed by atoms with E-state index in [1.807, 2.05) is 6.07 Å². The number of nitrogens with zero attached hydrogens (tertiary/aromatic N) is 7. The number of benzene rings is 1. The Balaban J connectivity index is 1.11. The maximum absolute atomic E-state index is 15.5. The van der Waals surface area contributed by atoms with Crippen molar-refractivity contribution in [3.63, 3.8) is 0 Å². The molecule has 1 aromatic carbocycles. The highest BCUT2D eigenvalue weighted by atomic mass is 19.3. The standard InChI is InChI=1S/C28H24F3N7O4/c29-21-11-22-23(10-20(21)16-3-4-32-24(9-16)37-7-5-36(6-8-37)19-14-40-15-19)41-28(39)38(22)13-18-2-1-17(12-33-18)26-34-35-27(42-26)25(30)31/h1-4,9-12,19,25H,5-8,13-15H2. The van der Waals surface area contributed by atoms with Crippen LogP contribution in [0.1, 0.15) is 18.0 Å². The zero-order chi connectivity index (χ0) is 28.8. The van der Waals surface area contributed by atoms with E-state index >= 15 is 4.39 Å². The molecule has 4 aromatic heterocycles. The average Bonchev–Trinajstić information content (AvgIpc) is 3.58. The van der Waals surface area contributed by atoms with Gasteiger partial charge in [0.25, 0.3) is 5.89 Å². The van der Waals surface area contributed by atoms with Gasteiger partial charge in [-0.05, 0) is 35.9 Å². The topological polar surface area (TPSA) is 116 Å². The van der Waals surface area contributed by atoms with E-state index in [0.717, 1.165) is 45.2 Å². The van der Waals surface area contributed by atoms with Crippen molar-refractivity contribution in [2.45, 2.75) is 19.0 Å². The SMILES string of the molecule is O=c1oc2cc(-c3ccnc(N4CCN(C5COC5)CC4)c3)c(F)cc2n1Cc1ccc(-c2nnc(C(F)F)o2)cn1. The van der Waals surface area contributed by atoms with Crippen molar-refractivity contribution >= 4 is 16.9 Å². The Morgan fingerprint density at radius 2 is 1.79 bits per heavy atom. The van der Waals surface area contributed by atoms with Gasteiger partial charge in [0.1, 0.15) is 11.6 Å². The predicted molar refractivity (Wildman–Crippen MR) is 144 cm³/mol. The van der Waals surface area contributed by atoms with E-state index in [1.165, 1.54) is 22.9 Å². The summed E-state index contributed by atoms with van der Waals surface area (Å²) in [5, 5.41) is 6.90. The molecule has 42 heavy (non-hydrogen) atoms. The van der Waals surface area contributed by atoms with Gasteiger partial charge in [-0.3, -0.25) is 14.5 Å². The number of ether oxygens (including phenoxy) is 1. The van der Waals surface area contributed by atoms with Crippen molar-refractivity contribution in [1.29, 1.82) is 0 Å². The predicted octanol–water partition coefficient (Wildman–Crippen LogP) is 3.75. The molecule has 216 valence electrons. The summed E-state index contributed by atoms with van der Waals surface area (Å²) in [6.45, 7) is 5.00. The lowest BCUT2D eigenvalue weighted by atomic mass is 10.1. The lowest BCUT2D eigenvalue weighted by Gasteiger charge is -2.42. The Kier molecular flexibility index (Phi) is 6.70. The number of halogens is 3. The van der Waals surface area contributed by atoms with Crippen molar-refractivity contribution in [3.8, 4) is 22.6 Å². The Morgan fingerprint density at radius 1 is 0.952 bits per heavy atom. The van der Waals surface area contributed by atoms with Crippen molar-refractivity contribution in [2.75, 3.05) is 44.3 Å². The fourth-order valence-electron chi connectivity index (χ4n) is 5.21. The van der Waals surface area contributed by atoms with Crippen LogP contribution in [0.15, 0.2) is 62.4 Å². The highest BCUT2D eigenvalue weighted by molar-refractivity contribution is 5.81. The number of rotatable bonds is 7. The first-order valence-electron chi connectivity index (χ1n) is 13.4. The van der Waals surface area contributed by atoms with Gasteiger partial charge in [-0.15, -0.1) is 10.2 Å². The lowest BCUT2D eigenvalue weighted by Crippen LogP contribution is -2.56. The summed E-state index contributed by atoms with van der Waals surface area (Å²) in [4.78, 5) is 26.1. The van der Waals surface area contributed by atoms with Crippen molar-refractivity contribution in [2.24, 2.45) is 0 Å². The highest BCUT2D eigenvalue weighted by Gasteiger charge is 2.29. The number of pyridine rings is 2. The first-order chi connectivity index (χ1) is 20.4. The quantitative estimate of drug-likeness (QED) is 0.282. The number of fused-ring (bicyclic) bond motifs is 1. The van der Waals surface area contributed by atoms with Crippen LogP contribution in [0.3, 0.4) is 0 Å². The second kappa shape index (κ2) is 10.7. The van der Waals surface area contributed by atoms with Crippen LogP contribution in [0, 0.1) is 5.82 Å². The molecule has 0 bridgehead atoms. The van der Waals surface area contributed by atoms with Crippen LogP contribution < -0.4 is 10.7 Å². The summed E-state index contributed by atoms with van der Waals surface area (Å²) >= 11 is 0. The Morgan fingerprint density at radius 3 is 2.48 bits per heavy atom. The lowest BCUT2D eigenvalue weighted by molar-refractivity contribution is -0.0660. The van der Waals surface area contributed by atoms with Gasteiger partial charge < -0.3 is 18.5 Å². The first-order valence-corrected chi connectivity index (χ1v) is 13.4. The number of piperazine rings is 1. The van der Waals surface area contributed by atoms with Crippen LogP contribution in [-0.4, -0.2) is 75.1 Å². The van der Waals surface area contributed by atoms with E-state index in [4.69, 9.17) is 13.6 Å². The summed E-state index contributed by atoms with van der Waals surface area (Å²) in [6, 6.07) is 9.99. The summed E-state index contributed by atoms with van der Waals surface area (Å²) in [5.41, 5.74) is 2.21.